The first-order chi connectivity index (χ1) is 16.3. The van der Waals surface area contributed by atoms with Crippen LogP contribution in [0.3, 0.4) is 0 Å². The van der Waals surface area contributed by atoms with Gasteiger partial charge in [-0.1, -0.05) is 24.9 Å². The van der Waals surface area contributed by atoms with E-state index in [1.54, 1.807) is 0 Å². The number of rotatable bonds is 9. The van der Waals surface area contributed by atoms with E-state index in [-0.39, 0.29) is 12.0 Å². The molecule has 0 unspecified atom stereocenters. The maximum atomic E-state index is 9.89. The molecular weight excluding hydrogens is 554 g/mol. The fourth-order valence-corrected chi connectivity index (χ4v) is 7.25. The molecule has 0 spiro atoms. The van der Waals surface area contributed by atoms with E-state index in [2.05, 4.69) is 65.9 Å². The van der Waals surface area contributed by atoms with Gasteiger partial charge in [0.2, 0.25) is 0 Å². The molecule has 0 bridgehead atoms. The molecule has 4 rings (SSSR count). The van der Waals surface area contributed by atoms with E-state index in [0.717, 1.165) is 43.8 Å². The van der Waals surface area contributed by atoms with E-state index in [0.29, 0.717) is 17.4 Å². The van der Waals surface area contributed by atoms with Crippen molar-refractivity contribution in [2.45, 2.75) is 91.7 Å². The first-order valence-corrected chi connectivity index (χ1v) is 22.7. The van der Waals surface area contributed by atoms with Gasteiger partial charge in [0.05, 0.1) is 0 Å². The van der Waals surface area contributed by atoms with Crippen molar-refractivity contribution in [1.29, 1.82) is 0 Å². The van der Waals surface area contributed by atoms with Crippen LogP contribution in [0.2, 0.25) is 20.0 Å². The summed E-state index contributed by atoms with van der Waals surface area (Å²) in [5, 5.41) is 24.3. The summed E-state index contributed by atoms with van der Waals surface area (Å²) in [6.07, 6.45) is 8.75. The standard InChI is InChI=1S/C22H28ClN6O.3CH3.Sn/c1-2-3-7-19-24-20(23)18(15-30)29(19)14-16-8-10-17(11-9-16)22(12-5-4-6-13-22)21-25-27-28-26-21;;;;/h8-11,30H,2-7,12-15H2,1H3;3*1H3;/q-1;;;;+1. The topological polar surface area (TPSA) is 81.7 Å². The van der Waals surface area contributed by atoms with Crippen LogP contribution in [0, 0.1) is 0 Å². The summed E-state index contributed by atoms with van der Waals surface area (Å²) in [7, 11) is 0. The van der Waals surface area contributed by atoms with Crippen LogP contribution in [0.5, 0.6) is 0 Å². The normalized spacial score (nSPS) is 16.2. The SMILES string of the molecule is CCCCc1nc(Cl)c(CO)n1Cc1ccc(C2(c3nn[n]([Sn]([CH3])([CH3])[CH3])n3)CCCCC2)cc1. The molecule has 34 heavy (non-hydrogen) atoms. The zero-order valence-electron chi connectivity index (χ0n) is 20.9. The first-order valence-electron chi connectivity index (χ1n) is 12.5. The zero-order valence-corrected chi connectivity index (χ0v) is 24.5. The van der Waals surface area contributed by atoms with Gasteiger partial charge < -0.3 is 5.11 Å². The summed E-state index contributed by atoms with van der Waals surface area (Å²) >= 11 is 3.87. The van der Waals surface area contributed by atoms with Gasteiger partial charge in [0.1, 0.15) is 0 Å². The molecule has 1 aliphatic carbocycles. The fourth-order valence-electron chi connectivity index (χ4n) is 4.97. The molecule has 1 fully saturated rings. The number of aromatic nitrogens is 6. The zero-order chi connectivity index (χ0) is 24.3. The van der Waals surface area contributed by atoms with Crippen molar-refractivity contribution < 1.29 is 5.11 Å². The number of hydrogen-bond acceptors (Lipinski definition) is 5. The molecule has 2 aromatic heterocycles. The van der Waals surface area contributed by atoms with E-state index in [4.69, 9.17) is 16.7 Å². The number of halogens is 1. The van der Waals surface area contributed by atoms with Crippen molar-refractivity contribution in [2.24, 2.45) is 0 Å². The average molecular weight is 592 g/mol. The quantitative estimate of drug-likeness (QED) is 0.340. The molecule has 0 radical (unpaired) electrons. The molecule has 0 aliphatic heterocycles. The van der Waals surface area contributed by atoms with Crippen molar-refractivity contribution in [2.75, 3.05) is 0 Å². The maximum absolute atomic E-state index is 9.89. The van der Waals surface area contributed by atoms with Crippen molar-refractivity contribution >= 4 is 30.3 Å². The summed E-state index contributed by atoms with van der Waals surface area (Å²) in [6.45, 7) is 2.70. The number of imidazole rings is 1. The summed E-state index contributed by atoms with van der Waals surface area (Å²) in [6, 6.07) is 8.87. The second-order valence-corrected chi connectivity index (χ2v) is 24.4. The molecule has 3 aromatic rings. The Bertz CT molecular complexity index is 1100. The molecule has 184 valence electrons. The Balaban J connectivity index is 1.64. The number of nitrogens with zero attached hydrogens (tertiary/aromatic N) is 6. The van der Waals surface area contributed by atoms with E-state index in [1.165, 1.54) is 30.4 Å². The van der Waals surface area contributed by atoms with Gasteiger partial charge in [-0.2, -0.15) is 0 Å². The van der Waals surface area contributed by atoms with Crippen molar-refractivity contribution in [3.8, 4) is 0 Å². The molecule has 1 aromatic carbocycles. The van der Waals surface area contributed by atoms with Gasteiger partial charge in [-0.3, -0.25) is 0 Å². The molecule has 7 nitrogen and oxygen atoms in total. The van der Waals surface area contributed by atoms with Gasteiger partial charge >= 0.3 is 176 Å². The Hall–Kier alpha value is -1.45. The fraction of sp³-hybridized carbons (Fsp3) is 0.600. The van der Waals surface area contributed by atoms with Gasteiger partial charge in [-0.05, 0) is 6.42 Å². The van der Waals surface area contributed by atoms with Crippen molar-refractivity contribution in [1.82, 2.24) is 28.0 Å². The third-order valence-corrected chi connectivity index (χ3v) is 11.3. The van der Waals surface area contributed by atoms with Gasteiger partial charge in [0.25, 0.3) is 0 Å². The van der Waals surface area contributed by atoms with Gasteiger partial charge in [0, 0.05) is 0 Å². The number of aryl methyl sites for hydroxylation is 1. The molecule has 1 aliphatic rings. The van der Waals surface area contributed by atoms with E-state index < -0.39 is 18.7 Å². The van der Waals surface area contributed by atoms with Gasteiger partial charge in [-0.25, -0.2) is 0 Å². The van der Waals surface area contributed by atoms with Crippen LogP contribution in [0.4, 0.5) is 0 Å². The second-order valence-electron chi connectivity index (χ2n) is 10.5. The Kier molecular flexibility index (Phi) is 8.04. The predicted molar refractivity (Wildman–Crippen MR) is 138 cm³/mol. The number of aliphatic hydroxyl groups is 1. The molecule has 1 N–H and O–H groups in total. The van der Waals surface area contributed by atoms with Crippen LogP contribution >= 0.6 is 11.6 Å². The van der Waals surface area contributed by atoms with Crippen LogP contribution in [-0.2, 0) is 25.0 Å². The van der Waals surface area contributed by atoms with Crippen LogP contribution in [-0.4, -0.2) is 51.7 Å². The van der Waals surface area contributed by atoms with E-state index in [1.807, 2.05) is 3.02 Å². The van der Waals surface area contributed by atoms with Gasteiger partial charge in [-0.15, -0.1) is 0 Å². The summed E-state index contributed by atoms with van der Waals surface area (Å²) in [4.78, 5) is 11.4. The van der Waals surface area contributed by atoms with Crippen molar-refractivity contribution in [3.63, 3.8) is 0 Å². The van der Waals surface area contributed by atoms with Crippen LogP contribution < -0.4 is 0 Å². The Labute approximate surface area is 212 Å². The van der Waals surface area contributed by atoms with Crippen LogP contribution in [0.25, 0.3) is 0 Å². The Morgan fingerprint density at radius 2 is 1.79 bits per heavy atom. The van der Waals surface area contributed by atoms with E-state index >= 15 is 0 Å². The minimum absolute atomic E-state index is 0.112. The second kappa shape index (κ2) is 10.7. The van der Waals surface area contributed by atoms with Crippen LogP contribution in [0.1, 0.15) is 80.3 Å². The first kappa shape index (κ1) is 25.6. The molecule has 0 atom stereocenters. The minimum atomic E-state index is -2.46. The number of hydrogen-bond donors (Lipinski definition) is 1. The third kappa shape index (κ3) is 5.21. The predicted octanol–water partition coefficient (Wildman–Crippen LogP) is 5.34. The summed E-state index contributed by atoms with van der Waals surface area (Å²) in [5.74, 6) is 1.83. The van der Waals surface area contributed by atoms with Crippen LogP contribution in [0.15, 0.2) is 24.3 Å². The number of tetrazole rings is 1. The summed E-state index contributed by atoms with van der Waals surface area (Å²) in [5.41, 5.74) is 2.97. The monoisotopic (exact) mass is 592 g/mol. The number of benzene rings is 1. The molecule has 0 saturated heterocycles. The Morgan fingerprint density at radius 3 is 2.38 bits per heavy atom. The molecule has 9 heteroatoms. The third-order valence-electron chi connectivity index (χ3n) is 7.00. The molecule has 0 amide bonds. The summed E-state index contributed by atoms with van der Waals surface area (Å²) < 4.78 is 4.03. The molecular formula is C25H37ClN6OSn. The average Bonchev–Trinajstić information content (AvgIpc) is 3.44. The van der Waals surface area contributed by atoms with Crippen molar-refractivity contribution in [3.05, 3.63) is 57.9 Å². The van der Waals surface area contributed by atoms with Gasteiger partial charge in [0.15, 0.2) is 0 Å². The number of unbranched alkanes of at least 4 members (excludes halogenated alkanes) is 1. The number of aliphatic hydroxyl groups excluding tert-OH is 1. The molecule has 1 saturated carbocycles. The Morgan fingerprint density at radius 1 is 1.09 bits per heavy atom. The molecule has 2 heterocycles. The van der Waals surface area contributed by atoms with E-state index in [9.17, 15) is 5.11 Å².